The molecule has 0 bridgehead atoms. The van der Waals surface area contributed by atoms with Crippen LogP contribution in [-0.4, -0.2) is 70.6 Å². The van der Waals surface area contributed by atoms with Crippen LogP contribution >= 0.6 is 24.0 Å². The minimum Gasteiger partial charge on any atom is -0.493 e. The summed E-state index contributed by atoms with van der Waals surface area (Å²) >= 11 is 0. The number of aliphatic imine (C=N–C) groups is 1. The zero-order valence-corrected chi connectivity index (χ0v) is 20.5. The number of guanidine groups is 1. The molecule has 0 unspecified atom stereocenters. The molecule has 0 atom stereocenters. The standard InChI is InChI=1S/C21H33F3N4O2.HI/c1-25-20(27-18-5-3-6-19(15-18)30-14-4-13-29-2)26-10-7-17-8-11-28(12-9-17)16-21(22,23)24;/h3,5-6,15,17H,4,7-14,16H2,1-2H3,(H2,25,26,27);1H. The molecule has 1 aromatic rings. The van der Waals surface area contributed by atoms with Gasteiger partial charge in [0.1, 0.15) is 5.75 Å². The molecule has 2 N–H and O–H groups in total. The lowest BCUT2D eigenvalue weighted by Gasteiger charge is -2.32. The number of hydrogen-bond acceptors (Lipinski definition) is 4. The molecular formula is C21H34F3IN4O2. The molecule has 6 nitrogen and oxygen atoms in total. The summed E-state index contributed by atoms with van der Waals surface area (Å²) < 4.78 is 48.2. The highest BCUT2D eigenvalue weighted by Gasteiger charge is 2.32. The first-order valence-corrected chi connectivity index (χ1v) is 10.4. The molecular weight excluding hydrogens is 524 g/mol. The summed E-state index contributed by atoms with van der Waals surface area (Å²) in [5.41, 5.74) is 0.868. The Bertz CT molecular complexity index is 654. The van der Waals surface area contributed by atoms with Crippen molar-refractivity contribution in [2.24, 2.45) is 10.9 Å². The van der Waals surface area contributed by atoms with Crippen LogP contribution in [0, 0.1) is 5.92 Å². The molecule has 1 aliphatic heterocycles. The van der Waals surface area contributed by atoms with Crippen molar-refractivity contribution >= 4 is 35.6 Å². The minimum atomic E-state index is -4.11. The minimum absolute atomic E-state index is 0. The van der Waals surface area contributed by atoms with Crippen molar-refractivity contribution in [2.75, 3.05) is 58.9 Å². The lowest BCUT2D eigenvalue weighted by atomic mass is 9.93. The zero-order chi connectivity index (χ0) is 21.8. The summed E-state index contributed by atoms with van der Waals surface area (Å²) in [4.78, 5) is 5.73. The molecule has 1 saturated heterocycles. The number of methoxy groups -OCH3 is 1. The van der Waals surface area contributed by atoms with Crippen molar-refractivity contribution in [3.05, 3.63) is 24.3 Å². The Morgan fingerprint density at radius 1 is 1.23 bits per heavy atom. The number of rotatable bonds is 10. The maximum absolute atomic E-state index is 12.5. The van der Waals surface area contributed by atoms with Gasteiger partial charge in [-0.15, -0.1) is 24.0 Å². The molecule has 31 heavy (non-hydrogen) atoms. The third-order valence-corrected chi connectivity index (χ3v) is 5.04. The molecule has 0 saturated carbocycles. The predicted molar refractivity (Wildman–Crippen MR) is 129 cm³/mol. The molecule has 0 aliphatic carbocycles. The van der Waals surface area contributed by atoms with Gasteiger partial charge in [0, 0.05) is 45.5 Å². The SMILES string of the molecule is CN=C(NCCC1CCN(CC(F)(F)F)CC1)Nc1cccc(OCCCOC)c1.I. The number of benzene rings is 1. The van der Waals surface area contributed by atoms with Crippen LogP contribution in [0.15, 0.2) is 29.3 Å². The topological polar surface area (TPSA) is 58.1 Å². The Balaban J connectivity index is 0.00000480. The Kier molecular flexibility index (Phi) is 13.2. The fourth-order valence-electron chi connectivity index (χ4n) is 3.45. The second-order valence-corrected chi connectivity index (χ2v) is 7.47. The van der Waals surface area contributed by atoms with Crippen LogP contribution in [-0.2, 0) is 4.74 Å². The summed E-state index contributed by atoms with van der Waals surface area (Å²) in [7, 11) is 3.37. The Morgan fingerprint density at radius 3 is 2.61 bits per heavy atom. The third-order valence-electron chi connectivity index (χ3n) is 5.04. The highest BCUT2D eigenvalue weighted by atomic mass is 127. The average Bonchev–Trinajstić information content (AvgIpc) is 2.71. The number of alkyl halides is 3. The molecule has 1 fully saturated rings. The number of nitrogens with one attached hydrogen (secondary N) is 2. The summed E-state index contributed by atoms with van der Waals surface area (Å²) in [5.74, 6) is 1.86. The molecule has 10 heteroatoms. The third kappa shape index (κ3) is 11.8. The fourth-order valence-corrected chi connectivity index (χ4v) is 3.45. The maximum atomic E-state index is 12.5. The molecule has 0 spiro atoms. The van der Waals surface area contributed by atoms with Crippen molar-refractivity contribution < 1.29 is 22.6 Å². The monoisotopic (exact) mass is 558 g/mol. The van der Waals surface area contributed by atoms with E-state index in [0.717, 1.165) is 43.7 Å². The van der Waals surface area contributed by atoms with Crippen LogP contribution in [0.4, 0.5) is 18.9 Å². The zero-order valence-electron chi connectivity index (χ0n) is 18.2. The van der Waals surface area contributed by atoms with Gasteiger partial charge in [0.05, 0.1) is 13.2 Å². The average molecular weight is 558 g/mol. The van der Waals surface area contributed by atoms with Crippen molar-refractivity contribution in [1.29, 1.82) is 0 Å². The quantitative estimate of drug-likeness (QED) is 0.193. The molecule has 1 aliphatic rings. The molecule has 1 aromatic carbocycles. The van der Waals surface area contributed by atoms with E-state index in [0.29, 0.717) is 38.2 Å². The van der Waals surface area contributed by atoms with Gasteiger partial charge < -0.3 is 20.1 Å². The van der Waals surface area contributed by atoms with Gasteiger partial charge in [0.25, 0.3) is 0 Å². The van der Waals surface area contributed by atoms with Gasteiger partial charge in [-0.2, -0.15) is 13.2 Å². The first-order chi connectivity index (χ1) is 14.4. The molecule has 2 rings (SSSR count). The van der Waals surface area contributed by atoms with Crippen LogP contribution < -0.4 is 15.4 Å². The van der Waals surface area contributed by atoms with Crippen LogP contribution in [0.25, 0.3) is 0 Å². The smallest absolute Gasteiger partial charge is 0.401 e. The second kappa shape index (κ2) is 14.7. The van der Waals surface area contributed by atoms with Gasteiger partial charge in [0.15, 0.2) is 5.96 Å². The van der Waals surface area contributed by atoms with Crippen LogP contribution in [0.3, 0.4) is 0 Å². The van der Waals surface area contributed by atoms with Gasteiger partial charge in [0.2, 0.25) is 0 Å². The van der Waals surface area contributed by atoms with E-state index >= 15 is 0 Å². The number of nitrogens with zero attached hydrogens (tertiary/aromatic N) is 2. The van der Waals surface area contributed by atoms with Crippen molar-refractivity contribution in [3.8, 4) is 5.75 Å². The lowest BCUT2D eigenvalue weighted by molar-refractivity contribution is -0.148. The largest absolute Gasteiger partial charge is 0.493 e. The number of anilines is 1. The number of hydrogen-bond donors (Lipinski definition) is 2. The summed E-state index contributed by atoms with van der Waals surface area (Å²) in [6.45, 7) is 2.19. The van der Waals surface area contributed by atoms with E-state index in [1.54, 1.807) is 14.2 Å². The number of ether oxygens (including phenoxy) is 2. The highest BCUT2D eigenvalue weighted by Crippen LogP contribution is 2.24. The summed E-state index contributed by atoms with van der Waals surface area (Å²) in [6.07, 6.45) is -0.785. The van der Waals surface area contributed by atoms with Gasteiger partial charge in [-0.3, -0.25) is 9.89 Å². The Labute approximate surface area is 200 Å². The van der Waals surface area contributed by atoms with Crippen molar-refractivity contribution in [1.82, 2.24) is 10.2 Å². The molecule has 0 radical (unpaired) electrons. The molecule has 0 aromatic heterocycles. The first kappa shape index (κ1) is 27.8. The lowest BCUT2D eigenvalue weighted by Crippen LogP contribution is -2.40. The molecule has 178 valence electrons. The van der Waals surface area contributed by atoms with E-state index in [9.17, 15) is 13.2 Å². The summed E-state index contributed by atoms with van der Waals surface area (Å²) in [5, 5.41) is 6.52. The van der Waals surface area contributed by atoms with Crippen molar-refractivity contribution in [3.63, 3.8) is 0 Å². The van der Waals surface area contributed by atoms with Gasteiger partial charge in [-0.05, 0) is 50.4 Å². The molecule has 0 amide bonds. The Morgan fingerprint density at radius 2 is 1.97 bits per heavy atom. The predicted octanol–water partition coefficient (Wildman–Crippen LogP) is 4.37. The number of halogens is 4. The van der Waals surface area contributed by atoms with E-state index in [2.05, 4.69) is 15.6 Å². The number of likely N-dealkylation sites (tertiary alicyclic amines) is 1. The van der Waals surface area contributed by atoms with E-state index < -0.39 is 12.7 Å². The van der Waals surface area contributed by atoms with E-state index in [-0.39, 0.29) is 24.0 Å². The summed E-state index contributed by atoms with van der Waals surface area (Å²) in [6, 6.07) is 7.66. The van der Waals surface area contributed by atoms with E-state index in [1.165, 1.54) is 4.90 Å². The van der Waals surface area contributed by atoms with E-state index in [4.69, 9.17) is 9.47 Å². The van der Waals surface area contributed by atoms with Crippen LogP contribution in [0.1, 0.15) is 25.7 Å². The van der Waals surface area contributed by atoms with Gasteiger partial charge in [-0.25, -0.2) is 0 Å². The highest BCUT2D eigenvalue weighted by molar-refractivity contribution is 14.0. The molecule has 1 heterocycles. The van der Waals surface area contributed by atoms with Crippen LogP contribution in [0.5, 0.6) is 5.75 Å². The van der Waals surface area contributed by atoms with Crippen LogP contribution in [0.2, 0.25) is 0 Å². The van der Waals surface area contributed by atoms with Gasteiger partial charge in [-0.1, -0.05) is 6.07 Å². The van der Waals surface area contributed by atoms with Gasteiger partial charge >= 0.3 is 6.18 Å². The maximum Gasteiger partial charge on any atom is 0.401 e. The number of piperidine rings is 1. The first-order valence-electron chi connectivity index (χ1n) is 10.4. The van der Waals surface area contributed by atoms with Crippen molar-refractivity contribution in [2.45, 2.75) is 31.9 Å². The van der Waals surface area contributed by atoms with E-state index in [1.807, 2.05) is 24.3 Å². The Hall–Kier alpha value is -1.27. The normalized spacial score (nSPS) is 16.0. The second-order valence-electron chi connectivity index (χ2n) is 7.47. The fraction of sp³-hybridized carbons (Fsp3) is 0.667.